The highest BCUT2D eigenvalue weighted by molar-refractivity contribution is 5.75. The zero-order chi connectivity index (χ0) is 14.4. The van der Waals surface area contributed by atoms with E-state index in [1.54, 1.807) is 0 Å². The van der Waals surface area contributed by atoms with E-state index in [1.807, 2.05) is 0 Å². The standard InChI is InChI=1S/C18H40N.B/c1-5-9-13-14-18-19(15-10-6-2,16-11-7-3)17-12-8-4;/h5-18H2,1-4H3;/q+1;. The zero-order valence-corrected chi connectivity index (χ0v) is 14.9. The molecule has 0 aromatic carbocycles. The van der Waals surface area contributed by atoms with Crippen molar-refractivity contribution in [2.24, 2.45) is 0 Å². The first-order valence-corrected chi connectivity index (χ1v) is 9.09. The Morgan fingerprint density at radius 3 is 1.15 bits per heavy atom. The number of hydrogen-bond acceptors (Lipinski definition) is 0. The summed E-state index contributed by atoms with van der Waals surface area (Å²) in [5.41, 5.74) is 0. The number of quaternary nitrogens is 1. The van der Waals surface area contributed by atoms with Crippen LogP contribution in [0.25, 0.3) is 0 Å². The van der Waals surface area contributed by atoms with Gasteiger partial charge in [0.25, 0.3) is 0 Å². The third-order valence-electron chi connectivity index (χ3n) is 4.44. The Bertz CT molecular complexity index is 160. The SMILES string of the molecule is CCCCCC[N+](CCCC)(CCCC)CCCC.[B]. The van der Waals surface area contributed by atoms with Gasteiger partial charge in [-0.05, 0) is 32.1 Å². The van der Waals surface area contributed by atoms with Crippen molar-refractivity contribution in [3.63, 3.8) is 0 Å². The lowest BCUT2D eigenvalue weighted by Crippen LogP contribution is -2.50. The van der Waals surface area contributed by atoms with Crippen molar-refractivity contribution in [2.45, 2.75) is 91.9 Å². The molecule has 0 aliphatic heterocycles. The fourth-order valence-corrected chi connectivity index (χ4v) is 3.03. The van der Waals surface area contributed by atoms with E-state index in [0.29, 0.717) is 0 Å². The molecule has 0 heterocycles. The lowest BCUT2D eigenvalue weighted by molar-refractivity contribution is -0.929. The van der Waals surface area contributed by atoms with Crippen LogP contribution in [0.15, 0.2) is 0 Å². The molecule has 3 radical (unpaired) electrons. The van der Waals surface area contributed by atoms with Crippen LogP contribution in [0, 0.1) is 0 Å². The van der Waals surface area contributed by atoms with E-state index in [2.05, 4.69) is 27.7 Å². The molecule has 0 spiro atoms. The Kier molecular flexibility index (Phi) is 17.2. The lowest BCUT2D eigenvalue weighted by Gasteiger charge is -2.39. The van der Waals surface area contributed by atoms with Gasteiger partial charge in [0, 0.05) is 8.41 Å². The molecule has 2 heteroatoms. The summed E-state index contributed by atoms with van der Waals surface area (Å²) in [6.07, 6.45) is 14.0. The molecule has 0 saturated carbocycles. The quantitative estimate of drug-likeness (QED) is 0.227. The van der Waals surface area contributed by atoms with Crippen LogP contribution in [-0.4, -0.2) is 39.1 Å². The molecule has 0 aliphatic carbocycles. The fourth-order valence-electron chi connectivity index (χ4n) is 3.03. The van der Waals surface area contributed by atoms with Gasteiger partial charge in [-0.2, -0.15) is 0 Å². The molecule has 119 valence electrons. The van der Waals surface area contributed by atoms with Crippen LogP contribution in [0.2, 0.25) is 0 Å². The molecule has 0 rings (SSSR count). The van der Waals surface area contributed by atoms with Crippen molar-refractivity contribution >= 4 is 8.41 Å². The van der Waals surface area contributed by atoms with Crippen molar-refractivity contribution in [1.29, 1.82) is 0 Å². The summed E-state index contributed by atoms with van der Waals surface area (Å²) < 4.78 is 1.43. The maximum absolute atomic E-state index is 2.34. The summed E-state index contributed by atoms with van der Waals surface area (Å²) in [5, 5.41) is 0. The predicted octanol–water partition coefficient (Wildman–Crippen LogP) is 5.40. The summed E-state index contributed by atoms with van der Waals surface area (Å²) in [5.74, 6) is 0. The van der Waals surface area contributed by atoms with E-state index in [9.17, 15) is 0 Å². The van der Waals surface area contributed by atoms with Gasteiger partial charge in [-0.1, -0.05) is 59.8 Å². The average Bonchev–Trinajstić information content (AvgIpc) is 2.44. The van der Waals surface area contributed by atoms with Crippen LogP contribution in [0.4, 0.5) is 0 Å². The molecule has 1 nitrogen and oxygen atoms in total. The van der Waals surface area contributed by atoms with Gasteiger partial charge in [0.1, 0.15) is 0 Å². The monoisotopic (exact) mass is 281 g/mol. The van der Waals surface area contributed by atoms with Crippen LogP contribution < -0.4 is 0 Å². The summed E-state index contributed by atoms with van der Waals surface area (Å²) in [6, 6.07) is 0. The Morgan fingerprint density at radius 1 is 0.450 bits per heavy atom. The first-order valence-electron chi connectivity index (χ1n) is 9.09. The Morgan fingerprint density at radius 2 is 0.800 bits per heavy atom. The van der Waals surface area contributed by atoms with E-state index < -0.39 is 0 Å². The van der Waals surface area contributed by atoms with Crippen LogP contribution in [0.1, 0.15) is 91.9 Å². The fraction of sp³-hybridized carbons (Fsp3) is 1.00. The molecule has 0 aliphatic rings. The van der Waals surface area contributed by atoms with Gasteiger partial charge in [0.05, 0.1) is 26.2 Å². The van der Waals surface area contributed by atoms with Gasteiger partial charge in [0.2, 0.25) is 0 Å². The van der Waals surface area contributed by atoms with Crippen LogP contribution in [-0.2, 0) is 0 Å². The second-order valence-corrected chi connectivity index (χ2v) is 6.36. The van der Waals surface area contributed by atoms with E-state index in [1.165, 1.54) is 94.9 Å². The summed E-state index contributed by atoms with van der Waals surface area (Å²) in [4.78, 5) is 0. The van der Waals surface area contributed by atoms with Crippen molar-refractivity contribution in [3.8, 4) is 0 Å². The molecular weight excluding hydrogens is 241 g/mol. The Hall–Kier alpha value is 0.0249. The second kappa shape index (κ2) is 15.4. The van der Waals surface area contributed by atoms with Crippen molar-refractivity contribution < 1.29 is 4.48 Å². The van der Waals surface area contributed by atoms with Crippen LogP contribution >= 0.6 is 0 Å². The third-order valence-corrected chi connectivity index (χ3v) is 4.44. The minimum Gasteiger partial charge on any atom is -0.324 e. The molecule has 0 saturated heterocycles. The lowest BCUT2D eigenvalue weighted by atomic mass is 10.1. The summed E-state index contributed by atoms with van der Waals surface area (Å²) >= 11 is 0. The van der Waals surface area contributed by atoms with Gasteiger partial charge in [0.15, 0.2) is 0 Å². The molecule has 0 aromatic heterocycles. The zero-order valence-electron chi connectivity index (χ0n) is 14.9. The number of unbranched alkanes of at least 4 members (excludes halogenated alkanes) is 6. The Balaban J connectivity index is 0. The number of rotatable bonds is 14. The predicted molar refractivity (Wildman–Crippen MR) is 94.3 cm³/mol. The van der Waals surface area contributed by atoms with Gasteiger partial charge >= 0.3 is 0 Å². The molecule has 20 heavy (non-hydrogen) atoms. The molecular formula is C18H40BN+. The molecule has 0 amide bonds. The highest BCUT2D eigenvalue weighted by Gasteiger charge is 2.24. The smallest absolute Gasteiger partial charge is 0.0786 e. The van der Waals surface area contributed by atoms with Crippen LogP contribution in [0.5, 0.6) is 0 Å². The van der Waals surface area contributed by atoms with Gasteiger partial charge in [-0.25, -0.2) is 0 Å². The van der Waals surface area contributed by atoms with Gasteiger partial charge in [-0.3, -0.25) is 0 Å². The normalized spacial score (nSPS) is 11.4. The number of nitrogens with zero attached hydrogens (tertiary/aromatic N) is 1. The van der Waals surface area contributed by atoms with Crippen molar-refractivity contribution in [1.82, 2.24) is 0 Å². The molecule has 0 N–H and O–H groups in total. The molecule has 0 aromatic rings. The number of hydrogen-bond donors (Lipinski definition) is 0. The summed E-state index contributed by atoms with van der Waals surface area (Å²) in [6.45, 7) is 15.1. The first-order chi connectivity index (χ1) is 9.24. The van der Waals surface area contributed by atoms with Gasteiger partial charge in [-0.15, -0.1) is 0 Å². The summed E-state index contributed by atoms with van der Waals surface area (Å²) in [7, 11) is 0. The average molecular weight is 281 g/mol. The minimum atomic E-state index is 0. The highest BCUT2D eigenvalue weighted by atomic mass is 15.3. The molecule has 0 atom stereocenters. The molecule has 0 fully saturated rings. The largest absolute Gasteiger partial charge is 0.324 e. The van der Waals surface area contributed by atoms with Gasteiger partial charge < -0.3 is 4.48 Å². The minimum absolute atomic E-state index is 0. The van der Waals surface area contributed by atoms with Crippen molar-refractivity contribution in [2.75, 3.05) is 26.2 Å². The van der Waals surface area contributed by atoms with E-state index in [0.717, 1.165) is 0 Å². The Labute approximate surface area is 131 Å². The maximum atomic E-state index is 2.34. The van der Waals surface area contributed by atoms with E-state index in [4.69, 9.17) is 0 Å². The van der Waals surface area contributed by atoms with E-state index >= 15 is 0 Å². The second-order valence-electron chi connectivity index (χ2n) is 6.36. The topological polar surface area (TPSA) is 0 Å². The molecule has 0 unspecified atom stereocenters. The first kappa shape index (κ1) is 22.3. The van der Waals surface area contributed by atoms with E-state index in [-0.39, 0.29) is 8.41 Å². The van der Waals surface area contributed by atoms with Crippen LogP contribution in [0.3, 0.4) is 0 Å². The molecule has 0 bridgehead atoms. The van der Waals surface area contributed by atoms with Crippen molar-refractivity contribution in [3.05, 3.63) is 0 Å². The maximum Gasteiger partial charge on any atom is 0.0786 e. The third kappa shape index (κ3) is 10.8. The highest BCUT2D eigenvalue weighted by Crippen LogP contribution is 2.17.